The Morgan fingerprint density at radius 1 is 1.26 bits per heavy atom. The molecule has 6 nitrogen and oxygen atoms in total. The number of ether oxygens (including phenoxy) is 1. The molecule has 1 aliphatic rings. The van der Waals surface area contributed by atoms with E-state index in [2.05, 4.69) is 21.2 Å². The first-order valence-electron chi connectivity index (χ1n) is 7.49. The van der Waals surface area contributed by atoms with E-state index in [1.807, 2.05) is 37.3 Å². The van der Waals surface area contributed by atoms with Crippen molar-refractivity contribution in [2.45, 2.75) is 43.8 Å². The number of carbonyl (C=O) groups excluding carboxylic acids is 3. The maximum Gasteiger partial charge on any atom is 0.409 e. The molecule has 0 saturated carbocycles. The molecule has 23 heavy (non-hydrogen) atoms. The Kier molecular flexibility index (Phi) is 6.15. The van der Waals surface area contributed by atoms with Gasteiger partial charge in [-0.1, -0.05) is 53.2 Å². The van der Waals surface area contributed by atoms with Gasteiger partial charge in [-0.25, -0.2) is 4.79 Å². The minimum absolute atomic E-state index is 0.125. The van der Waals surface area contributed by atoms with Crippen LogP contribution in [0, 0.1) is 0 Å². The molecule has 0 bridgehead atoms. The van der Waals surface area contributed by atoms with Crippen molar-refractivity contribution < 1.29 is 19.1 Å². The van der Waals surface area contributed by atoms with Crippen LogP contribution in [0.2, 0.25) is 0 Å². The lowest BCUT2D eigenvalue weighted by Gasteiger charge is -2.30. The van der Waals surface area contributed by atoms with E-state index in [1.54, 1.807) is 0 Å². The number of imide groups is 1. The van der Waals surface area contributed by atoms with Gasteiger partial charge in [0.1, 0.15) is 12.8 Å². The van der Waals surface area contributed by atoms with Crippen molar-refractivity contribution in [3.05, 3.63) is 35.9 Å². The number of hydrogen-bond donors (Lipinski definition) is 1. The van der Waals surface area contributed by atoms with Gasteiger partial charge in [-0.3, -0.25) is 19.8 Å². The highest BCUT2D eigenvalue weighted by Crippen LogP contribution is 2.21. The van der Waals surface area contributed by atoms with Crippen LogP contribution in [-0.2, 0) is 20.9 Å². The summed E-state index contributed by atoms with van der Waals surface area (Å²) in [7, 11) is 0. The molecule has 7 heteroatoms. The number of rotatable bonds is 6. The van der Waals surface area contributed by atoms with Gasteiger partial charge in [0, 0.05) is 12.8 Å². The Morgan fingerprint density at radius 2 is 1.87 bits per heavy atom. The molecular weight excluding hydrogens is 364 g/mol. The molecule has 2 rings (SSSR count). The fourth-order valence-electron chi connectivity index (χ4n) is 2.33. The normalized spacial score (nSPS) is 17.0. The summed E-state index contributed by atoms with van der Waals surface area (Å²) in [4.78, 5) is 36.7. The summed E-state index contributed by atoms with van der Waals surface area (Å²) >= 11 is 3.42. The van der Waals surface area contributed by atoms with Gasteiger partial charge < -0.3 is 4.74 Å². The number of likely N-dealkylation sites (tertiary alicyclic amines) is 1. The summed E-state index contributed by atoms with van der Waals surface area (Å²) in [5.74, 6) is -0.553. The average molecular weight is 383 g/mol. The topological polar surface area (TPSA) is 75.7 Å². The maximum atomic E-state index is 12.0. The molecule has 0 radical (unpaired) electrons. The third-order valence-electron chi connectivity index (χ3n) is 3.58. The lowest BCUT2D eigenvalue weighted by Crippen LogP contribution is -2.55. The van der Waals surface area contributed by atoms with Crippen LogP contribution in [0.25, 0.3) is 0 Å². The number of alkyl halides is 1. The molecule has 2 atom stereocenters. The van der Waals surface area contributed by atoms with E-state index in [4.69, 9.17) is 4.74 Å². The van der Waals surface area contributed by atoms with Gasteiger partial charge in [0.05, 0.1) is 4.83 Å². The third kappa shape index (κ3) is 4.54. The summed E-state index contributed by atoms with van der Waals surface area (Å²) in [6.45, 7) is 2.02. The Labute approximate surface area is 143 Å². The van der Waals surface area contributed by atoms with E-state index in [1.165, 1.54) is 0 Å². The molecule has 0 unspecified atom stereocenters. The second-order valence-electron chi connectivity index (χ2n) is 5.23. The Morgan fingerprint density at radius 3 is 2.43 bits per heavy atom. The molecule has 1 aromatic rings. The molecule has 1 heterocycles. The van der Waals surface area contributed by atoms with Crippen LogP contribution in [-0.4, -0.2) is 33.8 Å². The van der Waals surface area contributed by atoms with E-state index in [-0.39, 0.29) is 36.1 Å². The van der Waals surface area contributed by atoms with Crippen molar-refractivity contribution in [3.63, 3.8) is 0 Å². The number of amides is 3. The number of benzene rings is 1. The number of nitrogens with one attached hydrogen (secondary N) is 1. The molecule has 3 amide bonds. The molecule has 0 aliphatic carbocycles. The quantitative estimate of drug-likeness (QED) is 0.605. The first-order chi connectivity index (χ1) is 11.0. The fraction of sp³-hybridized carbons (Fsp3) is 0.438. The predicted octanol–water partition coefficient (Wildman–Crippen LogP) is 2.56. The van der Waals surface area contributed by atoms with Crippen molar-refractivity contribution in [3.8, 4) is 0 Å². The first kappa shape index (κ1) is 17.5. The van der Waals surface area contributed by atoms with Crippen LogP contribution < -0.4 is 5.32 Å². The van der Waals surface area contributed by atoms with Gasteiger partial charge in [-0.15, -0.1) is 0 Å². The van der Waals surface area contributed by atoms with Crippen LogP contribution in [0.1, 0.15) is 31.7 Å². The summed E-state index contributed by atoms with van der Waals surface area (Å²) in [5.41, 5.74) is 0.860. The van der Waals surface area contributed by atoms with Gasteiger partial charge >= 0.3 is 6.09 Å². The number of alkyl carbamates (subject to hydrolysis) is 1. The van der Waals surface area contributed by atoms with Gasteiger partial charge in [-0.2, -0.15) is 0 Å². The summed E-state index contributed by atoms with van der Waals surface area (Å²) < 4.78 is 5.16. The molecule has 0 aromatic heterocycles. The zero-order chi connectivity index (χ0) is 16.8. The second kappa shape index (κ2) is 8.10. The standard InChI is InChI=1S/C16H19BrN2O4/c1-2-12(17)15(19-13(20)8-9-14(19)21)18-16(22)23-10-11-6-4-3-5-7-11/h3-7,12,15H,2,8-10H2,1H3,(H,18,22)/t12-,15+/m0/s1. The van der Waals surface area contributed by atoms with Gasteiger partial charge in [-0.05, 0) is 12.0 Å². The predicted molar refractivity (Wildman–Crippen MR) is 87.6 cm³/mol. The van der Waals surface area contributed by atoms with Crippen molar-refractivity contribution in [1.82, 2.24) is 10.2 Å². The molecule has 1 aliphatic heterocycles. The van der Waals surface area contributed by atoms with Crippen molar-refractivity contribution >= 4 is 33.8 Å². The molecule has 124 valence electrons. The van der Waals surface area contributed by atoms with Crippen LogP contribution in [0.4, 0.5) is 4.79 Å². The van der Waals surface area contributed by atoms with Crippen LogP contribution in [0.5, 0.6) is 0 Å². The van der Waals surface area contributed by atoms with E-state index < -0.39 is 12.3 Å². The Balaban J connectivity index is 1.98. The maximum absolute atomic E-state index is 12.0. The van der Waals surface area contributed by atoms with Gasteiger partial charge in [0.15, 0.2) is 0 Å². The lowest BCUT2D eigenvalue weighted by atomic mass is 10.2. The number of nitrogens with zero attached hydrogens (tertiary/aromatic N) is 1. The number of carbonyl (C=O) groups is 3. The van der Waals surface area contributed by atoms with Crippen LogP contribution >= 0.6 is 15.9 Å². The second-order valence-corrected chi connectivity index (χ2v) is 6.41. The smallest absolute Gasteiger partial charge is 0.409 e. The van der Waals surface area contributed by atoms with Crippen molar-refractivity contribution in [1.29, 1.82) is 0 Å². The highest BCUT2D eigenvalue weighted by Gasteiger charge is 2.38. The van der Waals surface area contributed by atoms with E-state index in [0.29, 0.717) is 6.42 Å². The fourth-order valence-corrected chi connectivity index (χ4v) is 2.70. The zero-order valence-electron chi connectivity index (χ0n) is 12.8. The third-order valence-corrected chi connectivity index (χ3v) is 4.73. The minimum Gasteiger partial charge on any atom is -0.445 e. The van der Waals surface area contributed by atoms with E-state index in [0.717, 1.165) is 10.5 Å². The summed E-state index contributed by atoms with van der Waals surface area (Å²) in [6.07, 6.45) is -0.408. The first-order valence-corrected chi connectivity index (χ1v) is 8.40. The van der Waals surface area contributed by atoms with E-state index >= 15 is 0 Å². The Hall–Kier alpha value is -1.89. The molecular formula is C16H19BrN2O4. The Bertz CT molecular complexity index is 563. The molecule has 1 N–H and O–H groups in total. The lowest BCUT2D eigenvalue weighted by molar-refractivity contribution is -0.141. The number of hydrogen-bond acceptors (Lipinski definition) is 4. The van der Waals surface area contributed by atoms with Crippen LogP contribution in [0.3, 0.4) is 0 Å². The van der Waals surface area contributed by atoms with Gasteiger partial charge in [0.2, 0.25) is 11.8 Å². The molecule has 0 spiro atoms. The summed E-state index contributed by atoms with van der Waals surface area (Å²) in [5, 5.41) is 2.62. The highest BCUT2D eigenvalue weighted by molar-refractivity contribution is 9.09. The van der Waals surface area contributed by atoms with Crippen molar-refractivity contribution in [2.75, 3.05) is 0 Å². The molecule has 1 aromatic carbocycles. The zero-order valence-corrected chi connectivity index (χ0v) is 14.4. The largest absolute Gasteiger partial charge is 0.445 e. The van der Waals surface area contributed by atoms with Gasteiger partial charge in [0.25, 0.3) is 0 Å². The number of halogens is 1. The highest BCUT2D eigenvalue weighted by atomic mass is 79.9. The van der Waals surface area contributed by atoms with Crippen molar-refractivity contribution in [2.24, 2.45) is 0 Å². The summed E-state index contributed by atoms with van der Waals surface area (Å²) in [6, 6.07) is 9.27. The van der Waals surface area contributed by atoms with E-state index in [9.17, 15) is 14.4 Å². The monoisotopic (exact) mass is 382 g/mol. The molecule has 1 fully saturated rings. The van der Waals surface area contributed by atoms with Crippen LogP contribution in [0.15, 0.2) is 30.3 Å². The SMILES string of the molecule is CC[C@H](Br)[C@H](NC(=O)OCc1ccccc1)N1C(=O)CCC1=O. The average Bonchev–Trinajstić information content (AvgIpc) is 2.90. The minimum atomic E-state index is -0.745. The molecule has 1 saturated heterocycles.